The number of fused-ring (bicyclic) bond motifs is 1. The molecule has 1 heterocycles. The van der Waals surface area contributed by atoms with E-state index in [1.54, 1.807) is 24.4 Å². The highest BCUT2D eigenvalue weighted by Crippen LogP contribution is 2.36. The van der Waals surface area contributed by atoms with Crippen molar-refractivity contribution in [2.24, 2.45) is 0 Å². The number of halogens is 3. The molecule has 3 N–H and O–H groups in total. The zero-order valence-corrected chi connectivity index (χ0v) is 16.2. The van der Waals surface area contributed by atoms with E-state index in [4.69, 9.17) is 0 Å². The van der Waals surface area contributed by atoms with Crippen LogP contribution in [0.2, 0.25) is 0 Å². The van der Waals surface area contributed by atoms with Crippen molar-refractivity contribution in [2.45, 2.75) is 19.0 Å². The number of nitrogens with one attached hydrogen (secondary N) is 1. The fourth-order valence-corrected chi connectivity index (χ4v) is 3.27. The second kappa shape index (κ2) is 9.15. The van der Waals surface area contributed by atoms with E-state index in [1.165, 1.54) is 24.3 Å². The zero-order chi connectivity index (χ0) is 22.6. The lowest BCUT2D eigenvalue weighted by Crippen LogP contribution is -2.22. The summed E-state index contributed by atoms with van der Waals surface area (Å²) in [6.07, 6.45) is -3.38. The second-order valence-electron chi connectivity index (χ2n) is 6.59. The van der Waals surface area contributed by atoms with Crippen molar-refractivity contribution in [3.63, 3.8) is 0 Å². The first-order chi connectivity index (χ1) is 14.7. The molecule has 9 heteroatoms. The first-order valence-corrected chi connectivity index (χ1v) is 9.19. The van der Waals surface area contributed by atoms with Gasteiger partial charge in [0.1, 0.15) is 11.9 Å². The van der Waals surface area contributed by atoms with Gasteiger partial charge in [-0.15, -0.1) is 13.2 Å². The molecule has 0 aliphatic rings. The number of hydrogen-bond acceptors (Lipinski definition) is 5. The Morgan fingerprint density at radius 1 is 1.26 bits per heavy atom. The maximum atomic E-state index is 12.4. The fraction of sp³-hybridized carbons (Fsp3) is 0.182. The second-order valence-corrected chi connectivity index (χ2v) is 6.59. The smallest absolute Gasteiger partial charge is 0.406 e. The van der Waals surface area contributed by atoms with E-state index in [0.29, 0.717) is 33.2 Å². The summed E-state index contributed by atoms with van der Waals surface area (Å²) < 4.78 is 41.2. The van der Waals surface area contributed by atoms with Crippen molar-refractivity contribution >= 4 is 16.8 Å². The third kappa shape index (κ3) is 5.19. The summed E-state index contributed by atoms with van der Waals surface area (Å²) >= 11 is 0. The first-order valence-electron chi connectivity index (χ1n) is 9.19. The highest BCUT2D eigenvalue weighted by atomic mass is 19.4. The summed E-state index contributed by atoms with van der Waals surface area (Å²) in [5.41, 5.74) is 2.53. The van der Waals surface area contributed by atoms with E-state index in [2.05, 4.69) is 21.6 Å². The number of aromatic nitrogens is 1. The number of ether oxygens (including phenoxy) is 1. The minimum atomic E-state index is -4.80. The Morgan fingerprint density at radius 3 is 2.58 bits per heavy atom. The van der Waals surface area contributed by atoms with Gasteiger partial charge in [-0.1, -0.05) is 24.8 Å². The van der Waals surface area contributed by atoms with Gasteiger partial charge < -0.3 is 20.3 Å². The number of rotatable bonds is 7. The molecule has 0 spiro atoms. The number of benzene rings is 2. The lowest BCUT2D eigenvalue weighted by molar-refractivity contribution is -0.274. The van der Waals surface area contributed by atoms with Gasteiger partial charge in [0.25, 0.3) is 0 Å². The molecule has 162 valence electrons. The largest absolute Gasteiger partial charge is 0.573 e. The van der Waals surface area contributed by atoms with Crippen molar-refractivity contribution < 1.29 is 32.9 Å². The van der Waals surface area contributed by atoms with Gasteiger partial charge in [0.15, 0.2) is 0 Å². The van der Waals surface area contributed by atoms with Crippen LogP contribution in [0.4, 0.5) is 13.2 Å². The summed E-state index contributed by atoms with van der Waals surface area (Å²) in [6, 6.07) is 10.3. The van der Waals surface area contributed by atoms with Crippen LogP contribution in [0, 0.1) is 0 Å². The summed E-state index contributed by atoms with van der Waals surface area (Å²) in [4.78, 5) is 16.0. The van der Waals surface area contributed by atoms with Crippen LogP contribution in [0.1, 0.15) is 17.2 Å². The predicted octanol–water partition coefficient (Wildman–Crippen LogP) is 3.63. The van der Waals surface area contributed by atoms with E-state index in [9.17, 15) is 28.2 Å². The Balaban J connectivity index is 2.15. The predicted molar refractivity (Wildman–Crippen MR) is 108 cm³/mol. The summed E-state index contributed by atoms with van der Waals surface area (Å²) in [5.74, 6) is -0.787. The van der Waals surface area contributed by atoms with E-state index in [0.717, 1.165) is 6.08 Å². The van der Waals surface area contributed by atoms with Gasteiger partial charge in [-0.05, 0) is 47.0 Å². The number of hydrogen-bond donors (Lipinski definition) is 3. The average molecular weight is 432 g/mol. The highest BCUT2D eigenvalue weighted by molar-refractivity contribution is 5.97. The molecule has 1 aromatic heterocycles. The lowest BCUT2D eigenvalue weighted by atomic mass is 9.91. The molecular weight excluding hydrogens is 413 g/mol. The number of aliphatic hydroxyl groups excluding tert-OH is 2. The lowest BCUT2D eigenvalue weighted by Gasteiger charge is -2.19. The van der Waals surface area contributed by atoms with Crippen LogP contribution in [0.3, 0.4) is 0 Å². The summed E-state index contributed by atoms with van der Waals surface area (Å²) in [5, 5.41) is 23.1. The van der Waals surface area contributed by atoms with Crippen LogP contribution in [0.15, 0.2) is 61.3 Å². The van der Waals surface area contributed by atoms with Gasteiger partial charge >= 0.3 is 6.36 Å². The number of pyridine rings is 1. The molecule has 6 nitrogen and oxygen atoms in total. The van der Waals surface area contributed by atoms with Gasteiger partial charge in [0, 0.05) is 23.7 Å². The topological polar surface area (TPSA) is 91.7 Å². The Morgan fingerprint density at radius 2 is 1.97 bits per heavy atom. The molecular formula is C22H19F3N2O4. The molecule has 2 aromatic carbocycles. The van der Waals surface area contributed by atoms with Gasteiger partial charge in [0.2, 0.25) is 5.91 Å². The molecule has 0 unspecified atom stereocenters. The van der Waals surface area contributed by atoms with Gasteiger partial charge in [-0.3, -0.25) is 9.78 Å². The number of carbonyl (C=O) groups excluding carboxylic acids is 1. The van der Waals surface area contributed by atoms with Gasteiger partial charge in [-0.25, -0.2) is 0 Å². The maximum absolute atomic E-state index is 12.4. The van der Waals surface area contributed by atoms with E-state index in [-0.39, 0.29) is 12.3 Å². The van der Waals surface area contributed by atoms with Crippen molar-refractivity contribution in [1.29, 1.82) is 0 Å². The van der Waals surface area contributed by atoms with Crippen molar-refractivity contribution in [2.75, 3.05) is 6.61 Å². The van der Waals surface area contributed by atoms with Gasteiger partial charge in [0.05, 0.1) is 12.1 Å². The molecule has 0 saturated heterocycles. The van der Waals surface area contributed by atoms with Crippen LogP contribution in [0.25, 0.3) is 22.0 Å². The van der Waals surface area contributed by atoms with E-state index in [1.807, 2.05) is 0 Å². The molecule has 1 atom stereocenters. The quantitative estimate of drug-likeness (QED) is 0.496. The Labute approximate surface area is 175 Å². The van der Waals surface area contributed by atoms with E-state index >= 15 is 0 Å². The molecule has 0 fully saturated rings. The third-order valence-electron chi connectivity index (χ3n) is 4.56. The van der Waals surface area contributed by atoms with Crippen molar-refractivity contribution in [3.05, 3.63) is 72.4 Å². The number of aliphatic hydroxyl groups is 2. The minimum absolute atomic E-state index is 0.0321. The highest BCUT2D eigenvalue weighted by Gasteiger charge is 2.31. The average Bonchev–Trinajstić information content (AvgIpc) is 2.75. The molecule has 0 aliphatic heterocycles. The standard InChI is InChI=1S/C22H19F3N2O4/c1-2-19(30)27-11-14-10-17(13-5-7-15(8-6-13)31-22(23,24)25)21-16(4-3-9-26-21)20(14)18(29)12-28/h2-10,18,28-29H,1,11-12H2,(H,27,30)/t18-/m0/s1. The molecule has 3 aromatic rings. The minimum Gasteiger partial charge on any atom is -0.406 e. The maximum Gasteiger partial charge on any atom is 0.573 e. The third-order valence-corrected chi connectivity index (χ3v) is 4.56. The molecule has 31 heavy (non-hydrogen) atoms. The molecule has 0 radical (unpaired) electrons. The number of nitrogens with zero attached hydrogens (tertiary/aromatic N) is 1. The molecule has 0 saturated carbocycles. The summed E-state index contributed by atoms with van der Waals surface area (Å²) in [6.45, 7) is 2.88. The molecule has 1 amide bonds. The number of carbonyl (C=O) groups is 1. The van der Waals surface area contributed by atoms with Crippen molar-refractivity contribution in [1.82, 2.24) is 10.3 Å². The van der Waals surface area contributed by atoms with E-state index < -0.39 is 25.0 Å². The molecule has 0 aliphatic carbocycles. The monoisotopic (exact) mass is 432 g/mol. The SMILES string of the molecule is C=CC(=O)NCc1cc(-c2ccc(OC(F)(F)F)cc2)c2ncccc2c1[C@@H](O)CO. The molecule has 0 bridgehead atoms. The Bertz CT molecular complexity index is 1100. The fourth-order valence-electron chi connectivity index (χ4n) is 3.27. The number of alkyl halides is 3. The van der Waals surface area contributed by atoms with Crippen LogP contribution in [-0.2, 0) is 11.3 Å². The van der Waals surface area contributed by atoms with Crippen LogP contribution < -0.4 is 10.1 Å². The van der Waals surface area contributed by atoms with Crippen LogP contribution >= 0.6 is 0 Å². The van der Waals surface area contributed by atoms with Gasteiger partial charge in [-0.2, -0.15) is 0 Å². The van der Waals surface area contributed by atoms with Crippen LogP contribution in [-0.4, -0.2) is 34.1 Å². The zero-order valence-electron chi connectivity index (χ0n) is 16.2. The normalized spacial score (nSPS) is 12.4. The van der Waals surface area contributed by atoms with Crippen molar-refractivity contribution in [3.8, 4) is 16.9 Å². The molecule has 3 rings (SSSR count). The first kappa shape index (κ1) is 22.3. The van der Waals surface area contributed by atoms with Crippen LogP contribution in [0.5, 0.6) is 5.75 Å². The number of amides is 1. The Hall–Kier alpha value is -3.43. The summed E-state index contributed by atoms with van der Waals surface area (Å²) in [7, 11) is 0. The Kier molecular flexibility index (Phi) is 6.57.